The van der Waals surface area contributed by atoms with Crippen LogP contribution in [0, 0.1) is 0 Å². The molecule has 0 spiro atoms. The maximum absolute atomic E-state index is 11.1. The van der Waals surface area contributed by atoms with Crippen LogP contribution in [0.15, 0.2) is 18.2 Å². The van der Waals surface area contributed by atoms with Crippen LogP contribution in [0.5, 0.6) is 11.5 Å². The van der Waals surface area contributed by atoms with E-state index in [1.807, 2.05) is 0 Å². The number of hydrogen-bond acceptors (Lipinski definition) is 5. The molecule has 1 aromatic carbocycles. The molecule has 3 N–H and O–H groups in total. The number of hydrogen-bond donors (Lipinski definition) is 2. The van der Waals surface area contributed by atoms with Crippen molar-refractivity contribution in [3.8, 4) is 11.5 Å². The molecule has 0 unspecified atom stereocenters. The summed E-state index contributed by atoms with van der Waals surface area (Å²) in [5, 5.41) is 9.57. The van der Waals surface area contributed by atoms with Gasteiger partial charge in [0.25, 0.3) is 0 Å². The van der Waals surface area contributed by atoms with Crippen LogP contribution < -0.4 is 10.5 Å². The minimum Gasteiger partial charge on any atom is -0.508 e. The number of carbonyl (C=O) groups is 1. The Bertz CT molecular complexity index is 378. The average molecular weight is 225 g/mol. The third-order valence-corrected chi connectivity index (χ3v) is 2.23. The van der Waals surface area contributed by atoms with Crippen molar-refractivity contribution < 1.29 is 19.4 Å². The summed E-state index contributed by atoms with van der Waals surface area (Å²) in [6, 6.07) is 3.97. The Balaban J connectivity index is 2.83. The molecule has 16 heavy (non-hydrogen) atoms. The Kier molecular flexibility index (Phi) is 4.13. The van der Waals surface area contributed by atoms with E-state index in [0.717, 1.165) is 0 Å². The number of carbonyl (C=O) groups excluding carboxylic acids is 1. The largest absolute Gasteiger partial charge is 0.508 e. The molecular formula is C11H15NO4. The van der Waals surface area contributed by atoms with E-state index in [-0.39, 0.29) is 12.2 Å². The lowest BCUT2D eigenvalue weighted by molar-refractivity contribution is -0.142. The van der Waals surface area contributed by atoms with Crippen LogP contribution in [0.2, 0.25) is 0 Å². The van der Waals surface area contributed by atoms with Gasteiger partial charge < -0.3 is 20.3 Å². The first-order chi connectivity index (χ1) is 7.58. The number of phenols is 1. The van der Waals surface area contributed by atoms with Crippen molar-refractivity contribution >= 4 is 5.97 Å². The fourth-order valence-corrected chi connectivity index (χ4v) is 1.32. The zero-order valence-corrected chi connectivity index (χ0v) is 9.27. The van der Waals surface area contributed by atoms with Gasteiger partial charge in [0.2, 0.25) is 0 Å². The van der Waals surface area contributed by atoms with Gasteiger partial charge in [-0.2, -0.15) is 0 Å². The predicted octanol–water partition coefficient (Wildman–Crippen LogP) is 0.444. The van der Waals surface area contributed by atoms with Crippen molar-refractivity contribution in [1.82, 2.24) is 0 Å². The zero-order valence-electron chi connectivity index (χ0n) is 9.27. The highest BCUT2D eigenvalue weighted by molar-refractivity contribution is 5.75. The standard InChI is InChI=1S/C11H15NO4/c1-15-8-3-4-10(13)7(5-8)6-9(12)11(14)16-2/h3-5,9,13H,6,12H2,1-2H3/t9-/m0/s1. The summed E-state index contributed by atoms with van der Waals surface area (Å²) in [7, 11) is 2.80. The summed E-state index contributed by atoms with van der Waals surface area (Å²) in [5.74, 6) is 0.173. The van der Waals surface area contributed by atoms with Crippen molar-refractivity contribution in [3.05, 3.63) is 23.8 Å². The molecule has 0 radical (unpaired) electrons. The van der Waals surface area contributed by atoms with Crippen LogP contribution >= 0.6 is 0 Å². The lowest BCUT2D eigenvalue weighted by Gasteiger charge is -2.11. The van der Waals surface area contributed by atoms with E-state index < -0.39 is 12.0 Å². The summed E-state index contributed by atoms with van der Waals surface area (Å²) in [4.78, 5) is 11.1. The Morgan fingerprint density at radius 2 is 2.19 bits per heavy atom. The number of aromatic hydroxyl groups is 1. The molecule has 0 aliphatic rings. The number of phenolic OH excluding ortho intramolecular Hbond substituents is 1. The van der Waals surface area contributed by atoms with Gasteiger partial charge in [0.1, 0.15) is 17.5 Å². The van der Waals surface area contributed by atoms with Crippen LogP contribution in [-0.4, -0.2) is 31.3 Å². The van der Waals surface area contributed by atoms with Crippen molar-refractivity contribution in [1.29, 1.82) is 0 Å². The molecule has 0 heterocycles. The Morgan fingerprint density at radius 1 is 1.50 bits per heavy atom. The molecule has 0 saturated carbocycles. The lowest BCUT2D eigenvalue weighted by atomic mass is 10.1. The van der Waals surface area contributed by atoms with Gasteiger partial charge in [-0.3, -0.25) is 4.79 Å². The number of benzene rings is 1. The first-order valence-corrected chi connectivity index (χ1v) is 4.77. The van der Waals surface area contributed by atoms with Crippen molar-refractivity contribution in [2.75, 3.05) is 14.2 Å². The molecule has 0 bridgehead atoms. The van der Waals surface area contributed by atoms with E-state index in [1.54, 1.807) is 12.1 Å². The van der Waals surface area contributed by atoms with Gasteiger partial charge in [0, 0.05) is 6.42 Å². The maximum Gasteiger partial charge on any atom is 0.322 e. The minimum atomic E-state index is -0.789. The van der Waals surface area contributed by atoms with Crippen LogP contribution in [0.1, 0.15) is 5.56 Å². The number of methoxy groups -OCH3 is 2. The number of ether oxygens (including phenoxy) is 2. The van der Waals surface area contributed by atoms with Crippen molar-refractivity contribution in [3.63, 3.8) is 0 Å². The van der Waals surface area contributed by atoms with Crippen molar-refractivity contribution in [2.45, 2.75) is 12.5 Å². The van der Waals surface area contributed by atoms with Gasteiger partial charge in [0.15, 0.2) is 0 Å². The smallest absolute Gasteiger partial charge is 0.322 e. The summed E-state index contributed by atoms with van der Waals surface area (Å²) >= 11 is 0. The Labute approximate surface area is 93.8 Å². The first kappa shape index (κ1) is 12.3. The topological polar surface area (TPSA) is 81.8 Å². The van der Waals surface area contributed by atoms with Gasteiger partial charge in [-0.25, -0.2) is 0 Å². The summed E-state index contributed by atoms with van der Waals surface area (Å²) in [6.07, 6.45) is 0.204. The van der Waals surface area contributed by atoms with E-state index in [2.05, 4.69) is 4.74 Å². The van der Waals surface area contributed by atoms with E-state index in [1.165, 1.54) is 20.3 Å². The molecular weight excluding hydrogens is 210 g/mol. The predicted molar refractivity (Wildman–Crippen MR) is 58.4 cm³/mol. The van der Waals surface area contributed by atoms with Crippen molar-refractivity contribution in [2.24, 2.45) is 5.73 Å². The first-order valence-electron chi connectivity index (χ1n) is 4.77. The van der Waals surface area contributed by atoms with E-state index >= 15 is 0 Å². The fraction of sp³-hybridized carbons (Fsp3) is 0.364. The molecule has 5 heteroatoms. The van der Waals surface area contributed by atoms with Gasteiger partial charge in [-0.1, -0.05) is 0 Å². The quantitative estimate of drug-likeness (QED) is 0.727. The Morgan fingerprint density at radius 3 is 2.75 bits per heavy atom. The van der Waals surface area contributed by atoms with Gasteiger partial charge in [0.05, 0.1) is 14.2 Å². The highest BCUT2D eigenvalue weighted by atomic mass is 16.5. The second-order valence-electron chi connectivity index (χ2n) is 3.33. The molecule has 1 rings (SSSR count). The number of rotatable bonds is 4. The molecule has 0 aromatic heterocycles. The second-order valence-corrected chi connectivity index (χ2v) is 3.33. The summed E-state index contributed by atoms with van der Waals surface area (Å²) in [5.41, 5.74) is 6.15. The zero-order chi connectivity index (χ0) is 12.1. The molecule has 0 fully saturated rings. The van der Waals surface area contributed by atoms with E-state index in [4.69, 9.17) is 10.5 Å². The highest BCUT2D eigenvalue weighted by Crippen LogP contribution is 2.23. The normalized spacial score (nSPS) is 11.9. The lowest BCUT2D eigenvalue weighted by Crippen LogP contribution is -2.33. The molecule has 1 aromatic rings. The molecule has 0 amide bonds. The third-order valence-electron chi connectivity index (χ3n) is 2.23. The van der Waals surface area contributed by atoms with Gasteiger partial charge >= 0.3 is 5.97 Å². The Hall–Kier alpha value is -1.75. The summed E-state index contributed by atoms with van der Waals surface area (Å²) < 4.78 is 9.51. The third kappa shape index (κ3) is 2.87. The molecule has 0 saturated heterocycles. The molecule has 1 atom stereocenters. The van der Waals surface area contributed by atoms with Crippen LogP contribution in [0.4, 0.5) is 0 Å². The molecule has 88 valence electrons. The number of nitrogens with two attached hydrogens (primary N) is 1. The maximum atomic E-state index is 11.1. The van der Waals surface area contributed by atoms with Crippen LogP contribution in [0.3, 0.4) is 0 Å². The molecule has 0 aliphatic carbocycles. The molecule has 0 aliphatic heterocycles. The van der Waals surface area contributed by atoms with E-state index in [9.17, 15) is 9.90 Å². The minimum absolute atomic E-state index is 0.0835. The van der Waals surface area contributed by atoms with Crippen LogP contribution in [0.25, 0.3) is 0 Å². The van der Waals surface area contributed by atoms with E-state index in [0.29, 0.717) is 11.3 Å². The second kappa shape index (κ2) is 5.37. The summed E-state index contributed by atoms with van der Waals surface area (Å²) in [6.45, 7) is 0. The SMILES string of the molecule is COC(=O)[C@@H](N)Cc1cc(OC)ccc1O. The van der Waals surface area contributed by atoms with Crippen LogP contribution in [-0.2, 0) is 16.0 Å². The van der Waals surface area contributed by atoms with Gasteiger partial charge in [-0.15, -0.1) is 0 Å². The average Bonchev–Trinajstić information content (AvgIpc) is 2.30. The van der Waals surface area contributed by atoms with Gasteiger partial charge in [-0.05, 0) is 23.8 Å². The fourth-order valence-electron chi connectivity index (χ4n) is 1.32. The highest BCUT2D eigenvalue weighted by Gasteiger charge is 2.16. The monoisotopic (exact) mass is 225 g/mol. The number of esters is 1. The molecule has 5 nitrogen and oxygen atoms in total.